The first-order valence-electron chi connectivity index (χ1n) is 6.07. The number of carbonyl (C=O) groups excluding carboxylic acids is 1. The second-order valence-corrected chi connectivity index (χ2v) is 4.64. The standard InChI is InChI=1S/C14H19NO/c1-4-15-13-7-5-6-11(10(2)3)12(13)8-9-14(15)16/h5-7,10H,4,8-9H2,1-3H3. The molecule has 1 aromatic carbocycles. The molecule has 0 N–H and O–H groups in total. The van der Waals surface area contributed by atoms with Gasteiger partial charge in [-0.25, -0.2) is 0 Å². The van der Waals surface area contributed by atoms with Crippen molar-refractivity contribution in [2.24, 2.45) is 0 Å². The summed E-state index contributed by atoms with van der Waals surface area (Å²) in [6.45, 7) is 7.23. The first-order chi connectivity index (χ1) is 7.65. The maximum atomic E-state index is 11.8. The highest BCUT2D eigenvalue weighted by atomic mass is 16.2. The first-order valence-corrected chi connectivity index (χ1v) is 6.07. The zero-order chi connectivity index (χ0) is 11.7. The zero-order valence-electron chi connectivity index (χ0n) is 10.3. The van der Waals surface area contributed by atoms with Gasteiger partial charge in [-0.2, -0.15) is 0 Å². The lowest BCUT2D eigenvalue weighted by atomic mass is 9.90. The summed E-state index contributed by atoms with van der Waals surface area (Å²) in [5, 5.41) is 0. The van der Waals surface area contributed by atoms with Crippen LogP contribution in [0.25, 0.3) is 0 Å². The fourth-order valence-corrected chi connectivity index (χ4v) is 2.51. The van der Waals surface area contributed by atoms with Crippen LogP contribution in [0.1, 0.15) is 44.2 Å². The molecule has 2 nitrogen and oxygen atoms in total. The Morgan fingerprint density at radius 2 is 2.06 bits per heavy atom. The molecule has 0 bridgehead atoms. The van der Waals surface area contributed by atoms with Crippen molar-refractivity contribution in [3.63, 3.8) is 0 Å². The number of carbonyl (C=O) groups is 1. The molecule has 2 rings (SSSR count). The fraction of sp³-hybridized carbons (Fsp3) is 0.500. The van der Waals surface area contributed by atoms with Gasteiger partial charge in [-0.15, -0.1) is 0 Å². The molecule has 1 heterocycles. The molecule has 0 aromatic heterocycles. The van der Waals surface area contributed by atoms with Gasteiger partial charge in [0.05, 0.1) is 0 Å². The number of nitrogens with zero attached hydrogens (tertiary/aromatic N) is 1. The molecule has 0 saturated carbocycles. The van der Waals surface area contributed by atoms with E-state index in [-0.39, 0.29) is 5.91 Å². The average Bonchev–Trinajstić information content (AvgIpc) is 2.27. The van der Waals surface area contributed by atoms with Crippen molar-refractivity contribution in [3.8, 4) is 0 Å². The molecule has 1 amide bonds. The predicted octanol–water partition coefficient (Wildman–Crippen LogP) is 3.11. The van der Waals surface area contributed by atoms with Crippen LogP contribution in [0.15, 0.2) is 18.2 Å². The Kier molecular flexibility index (Phi) is 2.99. The van der Waals surface area contributed by atoms with Crippen LogP contribution < -0.4 is 4.90 Å². The van der Waals surface area contributed by atoms with Crippen molar-refractivity contribution in [2.45, 2.75) is 39.5 Å². The fourth-order valence-electron chi connectivity index (χ4n) is 2.51. The van der Waals surface area contributed by atoms with Gasteiger partial charge in [0, 0.05) is 18.7 Å². The van der Waals surface area contributed by atoms with Crippen molar-refractivity contribution in [3.05, 3.63) is 29.3 Å². The average molecular weight is 217 g/mol. The van der Waals surface area contributed by atoms with E-state index in [1.807, 2.05) is 11.8 Å². The number of hydrogen-bond donors (Lipinski definition) is 0. The van der Waals surface area contributed by atoms with E-state index in [0.29, 0.717) is 12.3 Å². The van der Waals surface area contributed by atoms with Crippen LogP contribution in [0.2, 0.25) is 0 Å². The second-order valence-electron chi connectivity index (χ2n) is 4.64. The number of amides is 1. The molecule has 86 valence electrons. The second kappa shape index (κ2) is 4.28. The summed E-state index contributed by atoms with van der Waals surface area (Å²) in [4.78, 5) is 13.7. The van der Waals surface area contributed by atoms with E-state index in [0.717, 1.165) is 18.7 Å². The summed E-state index contributed by atoms with van der Waals surface area (Å²) in [7, 11) is 0. The van der Waals surface area contributed by atoms with Crippen molar-refractivity contribution in [2.75, 3.05) is 11.4 Å². The molecule has 0 radical (unpaired) electrons. The third-order valence-corrected chi connectivity index (χ3v) is 3.31. The maximum absolute atomic E-state index is 11.8. The summed E-state index contributed by atoms with van der Waals surface area (Å²) in [5.74, 6) is 0.790. The molecule has 1 aromatic rings. The van der Waals surface area contributed by atoms with E-state index in [2.05, 4.69) is 32.0 Å². The Morgan fingerprint density at radius 1 is 1.31 bits per heavy atom. The van der Waals surface area contributed by atoms with Gasteiger partial charge in [0.25, 0.3) is 0 Å². The molecule has 0 atom stereocenters. The van der Waals surface area contributed by atoms with Gasteiger partial charge in [0.2, 0.25) is 5.91 Å². The Bertz CT molecular complexity index is 409. The van der Waals surface area contributed by atoms with Crippen molar-refractivity contribution >= 4 is 11.6 Å². The summed E-state index contributed by atoms with van der Waals surface area (Å²) in [5.41, 5.74) is 3.90. The monoisotopic (exact) mass is 217 g/mol. The smallest absolute Gasteiger partial charge is 0.227 e. The SMILES string of the molecule is CCN1C(=O)CCc2c(C(C)C)cccc21. The van der Waals surface area contributed by atoms with Crippen LogP contribution in [0, 0.1) is 0 Å². The predicted molar refractivity (Wildman–Crippen MR) is 66.9 cm³/mol. The van der Waals surface area contributed by atoms with Crippen molar-refractivity contribution in [1.82, 2.24) is 0 Å². The van der Waals surface area contributed by atoms with E-state index in [9.17, 15) is 4.79 Å². The van der Waals surface area contributed by atoms with Crippen LogP contribution >= 0.6 is 0 Å². The largest absolute Gasteiger partial charge is 0.312 e. The summed E-state index contributed by atoms with van der Waals surface area (Å²) in [6, 6.07) is 6.32. The number of anilines is 1. The third-order valence-electron chi connectivity index (χ3n) is 3.31. The Labute approximate surface area is 97.3 Å². The van der Waals surface area contributed by atoms with Gasteiger partial charge in [-0.05, 0) is 36.5 Å². The molecule has 0 spiro atoms. The summed E-state index contributed by atoms with van der Waals surface area (Å²) < 4.78 is 0. The van der Waals surface area contributed by atoms with E-state index >= 15 is 0 Å². The third kappa shape index (κ3) is 1.73. The molecule has 0 aliphatic carbocycles. The molecule has 2 heteroatoms. The lowest BCUT2D eigenvalue weighted by Gasteiger charge is -2.30. The van der Waals surface area contributed by atoms with Crippen LogP contribution in [0.5, 0.6) is 0 Å². The van der Waals surface area contributed by atoms with E-state index < -0.39 is 0 Å². The van der Waals surface area contributed by atoms with Gasteiger partial charge in [0.15, 0.2) is 0 Å². The lowest BCUT2D eigenvalue weighted by Crippen LogP contribution is -2.35. The topological polar surface area (TPSA) is 20.3 Å². The van der Waals surface area contributed by atoms with Crippen LogP contribution in [-0.4, -0.2) is 12.5 Å². The minimum atomic E-state index is 0.260. The number of benzene rings is 1. The highest BCUT2D eigenvalue weighted by Crippen LogP contribution is 2.33. The number of fused-ring (bicyclic) bond motifs is 1. The molecule has 1 aliphatic heterocycles. The van der Waals surface area contributed by atoms with Crippen molar-refractivity contribution < 1.29 is 4.79 Å². The molecule has 0 fully saturated rings. The van der Waals surface area contributed by atoms with Crippen molar-refractivity contribution in [1.29, 1.82) is 0 Å². The minimum absolute atomic E-state index is 0.260. The maximum Gasteiger partial charge on any atom is 0.227 e. The number of rotatable bonds is 2. The summed E-state index contributed by atoms with van der Waals surface area (Å²) >= 11 is 0. The molecule has 16 heavy (non-hydrogen) atoms. The highest BCUT2D eigenvalue weighted by molar-refractivity contribution is 5.96. The normalized spacial score (nSPS) is 15.5. The van der Waals surface area contributed by atoms with Crippen LogP contribution in [0.4, 0.5) is 5.69 Å². The van der Waals surface area contributed by atoms with Gasteiger partial charge in [-0.3, -0.25) is 4.79 Å². The van der Waals surface area contributed by atoms with E-state index in [1.165, 1.54) is 11.1 Å². The quantitative estimate of drug-likeness (QED) is 0.745. The van der Waals surface area contributed by atoms with E-state index in [4.69, 9.17) is 0 Å². The summed E-state index contributed by atoms with van der Waals surface area (Å²) in [6.07, 6.45) is 1.56. The Hall–Kier alpha value is -1.31. The zero-order valence-corrected chi connectivity index (χ0v) is 10.3. The highest BCUT2D eigenvalue weighted by Gasteiger charge is 2.24. The Morgan fingerprint density at radius 3 is 2.69 bits per heavy atom. The van der Waals surface area contributed by atoms with Gasteiger partial charge >= 0.3 is 0 Å². The van der Waals surface area contributed by atoms with Crippen LogP contribution in [-0.2, 0) is 11.2 Å². The van der Waals surface area contributed by atoms with Crippen LogP contribution in [0.3, 0.4) is 0 Å². The molecular weight excluding hydrogens is 198 g/mol. The van der Waals surface area contributed by atoms with Gasteiger partial charge in [-0.1, -0.05) is 26.0 Å². The first kappa shape index (κ1) is 11.2. The molecule has 0 saturated heterocycles. The molecular formula is C14H19NO. The van der Waals surface area contributed by atoms with E-state index in [1.54, 1.807) is 0 Å². The van der Waals surface area contributed by atoms with Gasteiger partial charge in [0.1, 0.15) is 0 Å². The molecule has 1 aliphatic rings. The minimum Gasteiger partial charge on any atom is -0.312 e. The molecule has 0 unspecified atom stereocenters. The Balaban J connectivity index is 2.52. The number of hydrogen-bond acceptors (Lipinski definition) is 1. The van der Waals surface area contributed by atoms with Gasteiger partial charge < -0.3 is 4.90 Å². The lowest BCUT2D eigenvalue weighted by molar-refractivity contribution is -0.118.